The van der Waals surface area contributed by atoms with Gasteiger partial charge >= 0.3 is 9.53 Å². The Morgan fingerprint density at radius 1 is 0.929 bits per heavy atom. The van der Waals surface area contributed by atoms with E-state index in [1.54, 1.807) is 45.6 Å². The van der Waals surface area contributed by atoms with Crippen LogP contribution in [0.1, 0.15) is 0 Å². The van der Waals surface area contributed by atoms with Crippen molar-refractivity contribution in [1.82, 2.24) is 0 Å². The maximum atomic E-state index is 8.63. The van der Waals surface area contributed by atoms with Crippen molar-refractivity contribution in [1.29, 1.82) is 0 Å². The highest BCUT2D eigenvalue weighted by Gasteiger charge is 2.04. The lowest BCUT2D eigenvalue weighted by Gasteiger charge is -2.05. The van der Waals surface area contributed by atoms with E-state index in [1.165, 1.54) is 0 Å². The Morgan fingerprint density at radius 2 is 1.36 bits per heavy atom. The van der Waals surface area contributed by atoms with Gasteiger partial charge in [-0.25, -0.2) is 0 Å². The van der Waals surface area contributed by atoms with E-state index in [9.17, 15) is 0 Å². The number of benzene rings is 1. The fourth-order valence-corrected chi connectivity index (χ4v) is 1.29. The molecule has 0 spiro atoms. The summed E-state index contributed by atoms with van der Waals surface area (Å²) in [5, 5.41) is 8.63. The van der Waals surface area contributed by atoms with Crippen LogP contribution < -0.4 is 0 Å². The van der Waals surface area contributed by atoms with Gasteiger partial charge in [-0.2, -0.15) is 0 Å². The number of aromatic hydroxyl groups is 1. The van der Waals surface area contributed by atoms with E-state index in [0.717, 1.165) is 0 Å². The van der Waals surface area contributed by atoms with E-state index in [1.807, 2.05) is 6.07 Å². The van der Waals surface area contributed by atoms with E-state index in [0.29, 0.717) is 5.75 Å². The molecule has 1 aromatic carbocycles. The monoisotopic (exact) mass is 216 g/mol. The smallest absolute Gasteiger partial charge is 0.483 e. The van der Waals surface area contributed by atoms with Crippen molar-refractivity contribution in [2.45, 2.75) is 0 Å². The van der Waals surface area contributed by atoms with Gasteiger partial charge in [-0.05, 0) is 12.1 Å². The van der Waals surface area contributed by atoms with Gasteiger partial charge in [0.15, 0.2) is 0 Å². The van der Waals surface area contributed by atoms with Gasteiger partial charge in [-0.15, -0.1) is 0 Å². The second kappa shape index (κ2) is 8.70. The van der Waals surface area contributed by atoms with Crippen molar-refractivity contribution in [3.8, 4) is 5.75 Å². The Labute approximate surface area is 86.0 Å². The highest BCUT2D eigenvalue weighted by Crippen LogP contribution is 2.02. The molecule has 0 aliphatic rings. The van der Waals surface area contributed by atoms with Gasteiger partial charge in [0, 0.05) is 21.3 Å². The van der Waals surface area contributed by atoms with Crippen molar-refractivity contribution >= 4 is 9.53 Å². The van der Waals surface area contributed by atoms with Crippen molar-refractivity contribution < 1.29 is 18.4 Å². The average Bonchev–Trinajstić information content (AvgIpc) is 2.22. The van der Waals surface area contributed by atoms with Crippen LogP contribution in [0.2, 0.25) is 0 Å². The van der Waals surface area contributed by atoms with Gasteiger partial charge in [0.05, 0.1) is 0 Å². The largest absolute Gasteiger partial charge is 0.508 e. The summed E-state index contributed by atoms with van der Waals surface area (Å²) < 4.78 is 14.2. The van der Waals surface area contributed by atoms with Crippen LogP contribution in [0.5, 0.6) is 5.75 Å². The van der Waals surface area contributed by atoms with Gasteiger partial charge in [0.25, 0.3) is 0 Å². The molecule has 0 unspecified atom stereocenters. The third kappa shape index (κ3) is 6.61. The molecule has 0 heterocycles. The van der Waals surface area contributed by atoms with Gasteiger partial charge in [0.1, 0.15) is 5.75 Å². The number of para-hydroxylation sites is 1. The first-order valence-corrected chi connectivity index (χ1v) is 5.48. The van der Waals surface area contributed by atoms with Crippen LogP contribution in [0.25, 0.3) is 0 Å². The van der Waals surface area contributed by atoms with Gasteiger partial charge in [0.2, 0.25) is 0 Å². The fourth-order valence-electron chi connectivity index (χ4n) is 0.717. The molecule has 0 bridgehead atoms. The molecule has 0 aliphatic carbocycles. The first kappa shape index (κ1) is 13.1. The van der Waals surface area contributed by atoms with Crippen molar-refractivity contribution in [3.63, 3.8) is 0 Å². The highest BCUT2D eigenvalue weighted by atomic mass is 28.3. The lowest BCUT2D eigenvalue weighted by atomic mass is 10.3. The normalized spacial score (nSPS) is 9.43. The van der Waals surface area contributed by atoms with Crippen LogP contribution >= 0.6 is 0 Å². The molecule has 1 aromatic rings. The molecule has 0 atom stereocenters. The lowest BCUT2D eigenvalue weighted by Crippen LogP contribution is -2.21. The molecular formula is C9H16O4Si. The van der Waals surface area contributed by atoms with Gasteiger partial charge in [-0.1, -0.05) is 18.2 Å². The summed E-state index contributed by atoms with van der Waals surface area (Å²) in [6, 6.07) is 8.71. The third-order valence-electron chi connectivity index (χ3n) is 1.33. The Morgan fingerprint density at radius 3 is 1.50 bits per heavy atom. The van der Waals surface area contributed by atoms with Gasteiger partial charge < -0.3 is 18.4 Å². The zero-order valence-corrected chi connectivity index (χ0v) is 9.79. The minimum atomic E-state index is -1.67. The predicted octanol–water partition coefficient (Wildman–Crippen LogP) is 1.03. The molecule has 0 saturated carbocycles. The number of phenols is 1. The zero-order chi connectivity index (χ0) is 10.8. The van der Waals surface area contributed by atoms with Gasteiger partial charge in [-0.3, -0.25) is 0 Å². The molecule has 0 amide bonds. The fraction of sp³-hybridized carbons (Fsp3) is 0.333. The molecule has 0 aromatic heterocycles. The quantitative estimate of drug-likeness (QED) is 0.767. The Hall–Kier alpha value is -0.883. The Kier molecular flexibility index (Phi) is 8.15. The minimum absolute atomic E-state index is 0.322. The maximum Gasteiger partial charge on any atom is 0.483 e. The highest BCUT2D eigenvalue weighted by molar-refractivity contribution is 6.36. The van der Waals surface area contributed by atoms with E-state index in [-0.39, 0.29) is 0 Å². The summed E-state index contributed by atoms with van der Waals surface area (Å²) in [6.45, 7) is 0. The molecule has 0 aliphatic heterocycles. The molecule has 5 heteroatoms. The Bertz CT molecular complexity index is 208. The average molecular weight is 216 g/mol. The van der Waals surface area contributed by atoms with E-state index in [4.69, 9.17) is 18.4 Å². The summed E-state index contributed by atoms with van der Waals surface area (Å²) in [5.74, 6) is 0.322. The molecule has 4 nitrogen and oxygen atoms in total. The lowest BCUT2D eigenvalue weighted by molar-refractivity contribution is 0.163. The van der Waals surface area contributed by atoms with Crippen LogP contribution in [0.4, 0.5) is 0 Å². The minimum Gasteiger partial charge on any atom is -0.508 e. The van der Waals surface area contributed by atoms with Crippen LogP contribution in [0, 0.1) is 0 Å². The van der Waals surface area contributed by atoms with Crippen LogP contribution in [-0.2, 0) is 13.3 Å². The molecule has 0 saturated heterocycles. The SMILES string of the molecule is CO[SiH](OC)OC.Oc1ccccc1. The van der Waals surface area contributed by atoms with E-state index >= 15 is 0 Å². The van der Waals surface area contributed by atoms with Crippen LogP contribution in [0.15, 0.2) is 30.3 Å². The molecule has 80 valence electrons. The topological polar surface area (TPSA) is 47.9 Å². The molecule has 0 fully saturated rings. The van der Waals surface area contributed by atoms with E-state index < -0.39 is 9.53 Å². The number of rotatable bonds is 3. The van der Waals surface area contributed by atoms with Crippen molar-refractivity contribution in [2.24, 2.45) is 0 Å². The molecule has 14 heavy (non-hydrogen) atoms. The maximum absolute atomic E-state index is 8.63. The molecular weight excluding hydrogens is 200 g/mol. The standard InChI is InChI=1S/C6H6O.C3H10O3Si/c7-6-4-2-1-3-5-6;1-4-7(5-2)6-3/h1-5,7H;7H,1-3H3. The second-order valence-electron chi connectivity index (χ2n) is 2.33. The third-order valence-corrected chi connectivity index (χ3v) is 2.49. The first-order valence-electron chi connectivity index (χ1n) is 4.07. The van der Waals surface area contributed by atoms with Crippen molar-refractivity contribution in [3.05, 3.63) is 30.3 Å². The first-order chi connectivity index (χ1) is 6.74. The molecule has 0 radical (unpaired) electrons. The molecule has 1 N–H and O–H groups in total. The predicted molar refractivity (Wildman–Crippen MR) is 56.3 cm³/mol. The summed E-state index contributed by atoms with van der Waals surface area (Å²) in [7, 11) is 3.05. The van der Waals surface area contributed by atoms with Crippen LogP contribution in [0.3, 0.4) is 0 Å². The zero-order valence-electron chi connectivity index (χ0n) is 8.64. The number of hydrogen-bond donors (Lipinski definition) is 1. The molecule has 1 rings (SSSR count). The Balaban J connectivity index is 0.000000241. The summed E-state index contributed by atoms with van der Waals surface area (Å²) in [4.78, 5) is 0. The van der Waals surface area contributed by atoms with Crippen LogP contribution in [-0.4, -0.2) is 36.0 Å². The second-order valence-corrected chi connectivity index (χ2v) is 4.32. The number of phenolic OH excluding ortho intramolecular Hbond substituents is 1. The van der Waals surface area contributed by atoms with E-state index in [2.05, 4.69) is 0 Å². The summed E-state index contributed by atoms with van der Waals surface area (Å²) in [5.41, 5.74) is 0. The summed E-state index contributed by atoms with van der Waals surface area (Å²) >= 11 is 0. The number of hydrogen-bond acceptors (Lipinski definition) is 4. The summed E-state index contributed by atoms with van der Waals surface area (Å²) in [6.07, 6.45) is 0. The van der Waals surface area contributed by atoms with Crippen molar-refractivity contribution in [2.75, 3.05) is 21.3 Å².